The standard InChI is InChI=1S/C12H16NS.BrH/c1-3-14(4-2)10-12-7-5-11(9-13)6-8-12;/h5-8H,3-4,10H2,1-2H3;1H/q+1;/p-1. The average Bonchev–Trinajstić information content (AvgIpc) is 2.26. The monoisotopic (exact) mass is 285 g/mol. The van der Waals surface area contributed by atoms with Crippen LogP contribution in [0.3, 0.4) is 0 Å². The van der Waals surface area contributed by atoms with Gasteiger partial charge in [-0.05, 0) is 36.9 Å². The normalized spacial score (nSPS) is 9.47. The molecule has 0 radical (unpaired) electrons. The van der Waals surface area contributed by atoms with E-state index in [1.165, 1.54) is 22.8 Å². The first kappa shape index (κ1) is 14.5. The molecule has 0 aliphatic rings. The van der Waals surface area contributed by atoms with Crippen LogP contribution < -0.4 is 17.0 Å². The van der Waals surface area contributed by atoms with Gasteiger partial charge in [-0.2, -0.15) is 5.26 Å². The summed E-state index contributed by atoms with van der Waals surface area (Å²) in [6.07, 6.45) is 0. The summed E-state index contributed by atoms with van der Waals surface area (Å²) >= 11 is 0. The molecule has 0 atom stereocenters. The van der Waals surface area contributed by atoms with Crippen LogP contribution in [0, 0.1) is 11.3 Å². The van der Waals surface area contributed by atoms with E-state index in [9.17, 15) is 0 Å². The minimum atomic E-state index is 0. The van der Waals surface area contributed by atoms with Crippen molar-refractivity contribution in [2.75, 3.05) is 11.5 Å². The van der Waals surface area contributed by atoms with E-state index in [2.05, 4.69) is 32.0 Å². The summed E-state index contributed by atoms with van der Waals surface area (Å²) in [7, 11) is 0.519. The molecule has 0 aliphatic carbocycles. The molecule has 0 spiro atoms. The molecule has 0 saturated heterocycles. The summed E-state index contributed by atoms with van der Waals surface area (Å²) in [5, 5.41) is 8.65. The first-order valence-corrected chi connectivity index (χ1v) is 6.66. The predicted octanol–water partition coefficient (Wildman–Crippen LogP) is -0.280. The fourth-order valence-corrected chi connectivity index (χ4v) is 2.80. The van der Waals surface area contributed by atoms with Crippen LogP contribution in [-0.4, -0.2) is 11.5 Å². The van der Waals surface area contributed by atoms with Crippen LogP contribution in [0.25, 0.3) is 0 Å². The van der Waals surface area contributed by atoms with E-state index in [1.807, 2.05) is 12.1 Å². The van der Waals surface area contributed by atoms with Gasteiger partial charge in [-0.15, -0.1) is 0 Å². The summed E-state index contributed by atoms with van der Waals surface area (Å²) < 4.78 is 0. The molecule has 0 unspecified atom stereocenters. The highest BCUT2D eigenvalue weighted by Crippen LogP contribution is 2.10. The first-order valence-electron chi connectivity index (χ1n) is 4.93. The Morgan fingerprint density at radius 3 is 2.07 bits per heavy atom. The van der Waals surface area contributed by atoms with Gasteiger partial charge in [0.2, 0.25) is 0 Å². The van der Waals surface area contributed by atoms with Crippen LogP contribution in [0.1, 0.15) is 25.0 Å². The van der Waals surface area contributed by atoms with Crippen LogP contribution in [0.15, 0.2) is 24.3 Å². The smallest absolute Gasteiger partial charge is 0.133 e. The van der Waals surface area contributed by atoms with Gasteiger partial charge in [0.15, 0.2) is 0 Å². The summed E-state index contributed by atoms with van der Waals surface area (Å²) in [4.78, 5) is 0. The highest BCUT2D eigenvalue weighted by Gasteiger charge is 2.12. The lowest BCUT2D eigenvalue weighted by atomic mass is 10.2. The fourth-order valence-electron chi connectivity index (χ4n) is 1.32. The molecular weight excluding hydrogens is 270 g/mol. The maximum atomic E-state index is 8.65. The van der Waals surface area contributed by atoms with Crippen molar-refractivity contribution in [2.24, 2.45) is 0 Å². The largest absolute Gasteiger partial charge is 1.00 e. The molecule has 0 aliphatic heterocycles. The van der Waals surface area contributed by atoms with E-state index in [4.69, 9.17) is 5.26 Å². The summed E-state index contributed by atoms with van der Waals surface area (Å²) in [5.41, 5.74) is 2.11. The van der Waals surface area contributed by atoms with Gasteiger partial charge in [0.25, 0.3) is 0 Å². The average molecular weight is 286 g/mol. The van der Waals surface area contributed by atoms with E-state index < -0.39 is 0 Å². The molecule has 0 fully saturated rings. The molecule has 0 aromatic heterocycles. The maximum absolute atomic E-state index is 8.65. The Morgan fingerprint density at radius 1 is 1.13 bits per heavy atom. The number of nitriles is 1. The zero-order chi connectivity index (χ0) is 10.4. The molecule has 1 nitrogen and oxygen atoms in total. The molecular formula is C12H16BrNS. The third-order valence-electron chi connectivity index (χ3n) is 2.27. The van der Waals surface area contributed by atoms with Gasteiger partial charge in [-0.3, -0.25) is 0 Å². The Balaban J connectivity index is 0.00000196. The van der Waals surface area contributed by atoms with Gasteiger partial charge < -0.3 is 17.0 Å². The van der Waals surface area contributed by atoms with Crippen molar-refractivity contribution in [1.82, 2.24) is 0 Å². The number of hydrogen-bond donors (Lipinski definition) is 0. The van der Waals surface area contributed by atoms with Crippen LogP contribution >= 0.6 is 0 Å². The molecule has 0 N–H and O–H groups in total. The molecule has 82 valence electrons. The second-order valence-corrected chi connectivity index (χ2v) is 5.81. The van der Waals surface area contributed by atoms with Crippen LogP contribution in [0.2, 0.25) is 0 Å². The number of nitrogens with zero attached hydrogens (tertiary/aromatic N) is 1. The van der Waals surface area contributed by atoms with E-state index >= 15 is 0 Å². The molecule has 1 rings (SSSR count). The summed E-state index contributed by atoms with van der Waals surface area (Å²) in [5.74, 6) is 3.69. The Kier molecular flexibility index (Phi) is 7.54. The maximum Gasteiger partial charge on any atom is 0.133 e. The summed E-state index contributed by atoms with van der Waals surface area (Å²) in [6.45, 7) is 4.49. The molecule has 0 amide bonds. The molecule has 1 aromatic rings. The van der Waals surface area contributed by atoms with Crippen molar-refractivity contribution in [3.05, 3.63) is 35.4 Å². The number of hydrogen-bond acceptors (Lipinski definition) is 1. The topological polar surface area (TPSA) is 23.8 Å². The van der Waals surface area contributed by atoms with Crippen molar-refractivity contribution in [3.63, 3.8) is 0 Å². The lowest BCUT2D eigenvalue weighted by Crippen LogP contribution is -3.00. The second kappa shape index (κ2) is 7.78. The van der Waals surface area contributed by atoms with Crippen molar-refractivity contribution < 1.29 is 17.0 Å². The minimum Gasteiger partial charge on any atom is -1.00 e. The highest BCUT2D eigenvalue weighted by molar-refractivity contribution is 7.96. The Labute approximate surface area is 106 Å². The molecule has 0 heterocycles. The van der Waals surface area contributed by atoms with Crippen molar-refractivity contribution in [3.8, 4) is 6.07 Å². The van der Waals surface area contributed by atoms with Crippen LogP contribution in [0.4, 0.5) is 0 Å². The van der Waals surface area contributed by atoms with E-state index in [0.717, 1.165) is 5.56 Å². The lowest BCUT2D eigenvalue weighted by Gasteiger charge is -2.03. The van der Waals surface area contributed by atoms with E-state index in [1.54, 1.807) is 0 Å². The molecule has 0 saturated carbocycles. The Bertz CT molecular complexity index is 311. The van der Waals surface area contributed by atoms with Gasteiger partial charge in [0.05, 0.1) is 11.6 Å². The molecule has 15 heavy (non-hydrogen) atoms. The lowest BCUT2D eigenvalue weighted by molar-refractivity contribution is -0.00000324. The van der Waals surface area contributed by atoms with Gasteiger partial charge in [-0.1, -0.05) is 12.1 Å². The number of halogens is 1. The third-order valence-corrected chi connectivity index (χ3v) is 4.64. The number of benzene rings is 1. The van der Waals surface area contributed by atoms with Crippen LogP contribution in [0.5, 0.6) is 0 Å². The number of rotatable bonds is 4. The van der Waals surface area contributed by atoms with Gasteiger partial charge in [-0.25, -0.2) is 0 Å². The van der Waals surface area contributed by atoms with Gasteiger partial charge >= 0.3 is 0 Å². The van der Waals surface area contributed by atoms with Crippen molar-refractivity contribution >= 4 is 10.9 Å². The second-order valence-electron chi connectivity index (χ2n) is 3.14. The minimum absolute atomic E-state index is 0. The fraction of sp³-hybridized carbons (Fsp3) is 0.417. The van der Waals surface area contributed by atoms with Gasteiger partial charge in [0.1, 0.15) is 17.3 Å². The zero-order valence-electron chi connectivity index (χ0n) is 9.16. The quantitative estimate of drug-likeness (QED) is 0.699. The highest BCUT2D eigenvalue weighted by atomic mass is 79.9. The Hall–Kier alpha value is -0.460. The third kappa shape index (κ3) is 4.72. The van der Waals surface area contributed by atoms with Gasteiger partial charge in [0, 0.05) is 5.56 Å². The first-order chi connectivity index (χ1) is 6.80. The predicted molar refractivity (Wildman–Crippen MR) is 63.3 cm³/mol. The van der Waals surface area contributed by atoms with Crippen molar-refractivity contribution in [2.45, 2.75) is 19.6 Å². The van der Waals surface area contributed by atoms with E-state index in [-0.39, 0.29) is 17.0 Å². The van der Waals surface area contributed by atoms with Crippen LogP contribution in [-0.2, 0) is 16.6 Å². The van der Waals surface area contributed by atoms with Crippen molar-refractivity contribution in [1.29, 1.82) is 5.26 Å². The zero-order valence-corrected chi connectivity index (χ0v) is 11.6. The van der Waals surface area contributed by atoms with E-state index in [0.29, 0.717) is 10.9 Å². The SMILES string of the molecule is CC[S+](CC)Cc1ccc(C#N)cc1.[Br-]. The molecule has 0 bridgehead atoms. The molecule has 1 aromatic carbocycles. The molecule has 3 heteroatoms. The Morgan fingerprint density at radius 2 is 1.67 bits per heavy atom. The summed E-state index contributed by atoms with van der Waals surface area (Å²) in [6, 6.07) is 10.1.